The van der Waals surface area contributed by atoms with E-state index in [-0.39, 0.29) is 10.8 Å². The van der Waals surface area contributed by atoms with Gasteiger partial charge in [-0.2, -0.15) is 0 Å². The summed E-state index contributed by atoms with van der Waals surface area (Å²) in [7, 11) is 0. The third-order valence-corrected chi connectivity index (χ3v) is 9.59. The van der Waals surface area contributed by atoms with Crippen LogP contribution in [-0.2, 0) is 10.8 Å². The Morgan fingerprint density at radius 2 is 0.897 bits per heavy atom. The largest absolute Gasteiger partial charge is 0.0622 e. The highest BCUT2D eigenvalue weighted by Gasteiger charge is 2.37. The third-order valence-electron chi connectivity index (χ3n) is 9.59. The first-order chi connectivity index (χ1) is 19.1. The number of hydrogen-bond acceptors (Lipinski definition) is 0. The van der Waals surface area contributed by atoms with Crippen molar-refractivity contribution in [2.24, 2.45) is 0 Å². The van der Waals surface area contributed by atoms with Gasteiger partial charge >= 0.3 is 0 Å². The average Bonchev–Trinajstić information content (AvgIpc) is 3.24. The summed E-state index contributed by atoms with van der Waals surface area (Å²) in [5.41, 5.74) is 13.8. The second kappa shape index (κ2) is 9.38. The zero-order valence-electron chi connectivity index (χ0n) is 23.1. The van der Waals surface area contributed by atoms with E-state index in [1.165, 1.54) is 87.7 Å². The normalized spacial score (nSPS) is 16.9. The smallest absolute Gasteiger partial charge is 0.0202 e. The molecule has 0 amide bonds. The van der Waals surface area contributed by atoms with Gasteiger partial charge in [0.2, 0.25) is 0 Å². The second-order valence-corrected chi connectivity index (χ2v) is 12.1. The van der Waals surface area contributed by atoms with E-state index in [1.54, 1.807) is 0 Å². The standard InChI is InChI=1S/C39H36/c1-38(2)36-26-30(28-12-6-3-7-13-28)18-22-34(36)35-23-19-31(27-37(35)38)29-16-20-33(21-17-29)39(24-10-5-11-25-39)32-14-8-4-9-15-32/h3-4,6-9,12-23,26-27H,5,10-11,24-25H2,1-2H3. The fourth-order valence-electron chi connectivity index (χ4n) is 7.37. The lowest BCUT2D eigenvalue weighted by Gasteiger charge is -2.38. The predicted octanol–water partition coefficient (Wildman–Crippen LogP) is 10.6. The van der Waals surface area contributed by atoms with E-state index in [0.29, 0.717) is 0 Å². The van der Waals surface area contributed by atoms with E-state index in [2.05, 4.69) is 135 Å². The summed E-state index contributed by atoms with van der Waals surface area (Å²) in [6, 6.07) is 45.6. The molecule has 5 aromatic carbocycles. The van der Waals surface area contributed by atoms with E-state index in [9.17, 15) is 0 Å². The number of fused-ring (bicyclic) bond motifs is 3. The van der Waals surface area contributed by atoms with Crippen molar-refractivity contribution >= 4 is 0 Å². The Kier molecular flexibility index (Phi) is 5.81. The Bertz CT molecular complexity index is 1620. The molecule has 39 heavy (non-hydrogen) atoms. The third kappa shape index (κ3) is 3.97. The van der Waals surface area contributed by atoms with Gasteiger partial charge in [0.15, 0.2) is 0 Å². The minimum atomic E-state index is -0.0368. The van der Waals surface area contributed by atoms with Crippen molar-refractivity contribution in [2.45, 2.75) is 56.8 Å². The summed E-state index contributed by atoms with van der Waals surface area (Å²) in [5, 5.41) is 0. The zero-order valence-corrected chi connectivity index (χ0v) is 23.1. The molecule has 1 saturated carbocycles. The molecule has 2 aliphatic rings. The summed E-state index contributed by atoms with van der Waals surface area (Å²) in [6.45, 7) is 4.76. The topological polar surface area (TPSA) is 0 Å². The quantitative estimate of drug-likeness (QED) is 0.228. The molecule has 0 heterocycles. The molecule has 0 aliphatic heterocycles. The van der Waals surface area contributed by atoms with Crippen molar-refractivity contribution in [1.29, 1.82) is 0 Å². The Balaban J connectivity index is 1.24. The SMILES string of the molecule is CC1(C)c2cc(-c3ccccc3)ccc2-c2ccc(-c3ccc(C4(c5ccccc5)CCCCC4)cc3)cc21. The van der Waals surface area contributed by atoms with Crippen molar-refractivity contribution in [2.75, 3.05) is 0 Å². The Hall–Kier alpha value is -3.90. The van der Waals surface area contributed by atoms with E-state index >= 15 is 0 Å². The molecule has 0 atom stereocenters. The van der Waals surface area contributed by atoms with Crippen LogP contribution in [0.4, 0.5) is 0 Å². The summed E-state index contributed by atoms with van der Waals surface area (Å²) >= 11 is 0. The number of benzene rings is 5. The Morgan fingerprint density at radius 1 is 0.436 bits per heavy atom. The predicted molar refractivity (Wildman–Crippen MR) is 165 cm³/mol. The van der Waals surface area contributed by atoms with Crippen LogP contribution in [0.25, 0.3) is 33.4 Å². The lowest BCUT2D eigenvalue weighted by molar-refractivity contribution is 0.346. The molecule has 5 aromatic rings. The molecule has 7 rings (SSSR count). The van der Waals surface area contributed by atoms with Crippen LogP contribution in [0.15, 0.2) is 121 Å². The van der Waals surface area contributed by atoms with Crippen LogP contribution in [0.1, 0.15) is 68.2 Å². The van der Waals surface area contributed by atoms with Crippen LogP contribution >= 0.6 is 0 Å². The first kappa shape index (κ1) is 24.2. The van der Waals surface area contributed by atoms with Crippen molar-refractivity contribution < 1.29 is 0 Å². The van der Waals surface area contributed by atoms with Crippen LogP contribution in [0.2, 0.25) is 0 Å². The number of rotatable bonds is 4. The summed E-state index contributed by atoms with van der Waals surface area (Å²) in [5.74, 6) is 0. The van der Waals surface area contributed by atoms with Crippen LogP contribution in [-0.4, -0.2) is 0 Å². The fraction of sp³-hybridized carbons (Fsp3) is 0.231. The maximum absolute atomic E-state index is 2.44. The Labute approximate surface area is 233 Å². The molecule has 0 heteroatoms. The van der Waals surface area contributed by atoms with Gasteiger partial charge in [0, 0.05) is 10.8 Å². The minimum Gasteiger partial charge on any atom is -0.0622 e. The zero-order chi connectivity index (χ0) is 26.5. The van der Waals surface area contributed by atoms with Crippen molar-refractivity contribution in [3.8, 4) is 33.4 Å². The van der Waals surface area contributed by atoms with Gasteiger partial charge in [0.1, 0.15) is 0 Å². The molecule has 0 saturated heterocycles. The molecule has 0 unspecified atom stereocenters. The van der Waals surface area contributed by atoms with Crippen LogP contribution in [0.3, 0.4) is 0 Å². The lowest BCUT2D eigenvalue weighted by Crippen LogP contribution is -2.30. The van der Waals surface area contributed by atoms with Gasteiger partial charge in [-0.25, -0.2) is 0 Å². The van der Waals surface area contributed by atoms with Crippen LogP contribution in [0, 0.1) is 0 Å². The lowest BCUT2D eigenvalue weighted by atomic mass is 9.65. The molecule has 1 fully saturated rings. The fourth-order valence-corrected chi connectivity index (χ4v) is 7.37. The maximum atomic E-state index is 2.44. The highest BCUT2D eigenvalue weighted by atomic mass is 14.4. The maximum Gasteiger partial charge on any atom is 0.0202 e. The van der Waals surface area contributed by atoms with Gasteiger partial charge in [-0.05, 0) is 80.6 Å². The molecule has 192 valence electrons. The van der Waals surface area contributed by atoms with E-state index in [0.717, 1.165) is 0 Å². The van der Waals surface area contributed by atoms with Crippen molar-refractivity contribution in [1.82, 2.24) is 0 Å². The van der Waals surface area contributed by atoms with Gasteiger partial charge in [-0.3, -0.25) is 0 Å². The number of hydrogen-bond donors (Lipinski definition) is 0. The van der Waals surface area contributed by atoms with Crippen molar-refractivity contribution in [3.63, 3.8) is 0 Å². The molecule has 0 N–H and O–H groups in total. The first-order valence-electron chi connectivity index (χ1n) is 14.6. The van der Waals surface area contributed by atoms with Crippen LogP contribution in [0.5, 0.6) is 0 Å². The Morgan fingerprint density at radius 3 is 1.46 bits per heavy atom. The first-order valence-corrected chi connectivity index (χ1v) is 14.6. The minimum absolute atomic E-state index is 0.0368. The molecule has 0 bridgehead atoms. The molecule has 0 aromatic heterocycles. The van der Waals surface area contributed by atoms with Gasteiger partial charge < -0.3 is 0 Å². The summed E-state index contributed by atoms with van der Waals surface area (Å²) in [6.07, 6.45) is 6.46. The van der Waals surface area contributed by atoms with Gasteiger partial charge in [-0.15, -0.1) is 0 Å². The highest BCUT2D eigenvalue weighted by Crippen LogP contribution is 2.51. The summed E-state index contributed by atoms with van der Waals surface area (Å²) in [4.78, 5) is 0. The van der Waals surface area contributed by atoms with Crippen molar-refractivity contribution in [3.05, 3.63) is 144 Å². The van der Waals surface area contributed by atoms with E-state index in [4.69, 9.17) is 0 Å². The van der Waals surface area contributed by atoms with E-state index in [1.807, 2.05) is 0 Å². The van der Waals surface area contributed by atoms with Gasteiger partial charge in [0.25, 0.3) is 0 Å². The molecule has 0 radical (unpaired) electrons. The second-order valence-electron chi connectivity index (χ2n) is 12.1. The molecular formula is C39H36. The van der Waals surface area contributed by atoms with E-state index < -0.39 is 0 Å². The van der Waals surface area contributed by atoms with Crippen LogP contribution < -0.4 is 0 Å². The molecule has 0 nitrogen and oxygen atoms in total. The molecule has 2 aliphatic carbocycles. The summed E-state index contributed by atoms with van der Waals surface area (Å²) < 4.78 is 0. The monoisotopic (exact) mass is 504 g/mol. The molecule has 0 spiro atoms. The average molecular weight is 505 g/mol. The molecular weight excluding hydrogens is 468 g/mol. The van der Waals surface area contributed by atoms with Gasteiger partial charge in [-0.1, -0.05) is 142 Å². The highest BCUT2D eigenvalue weighted by molar-refractivity contribution is 5.85. The van der Waals surface area contributed by atoms with Gasteiger partial charge in [0.05, 0.1) is 0 Å².